The van der Waals surface area contributed by atoms with Crippen molar-refractivity contribution in [1.29, 1.82) is 0 Å². The first-order chi connectivity index (χ1) is 6.77. The molecule has 0 aromatic heterocycles. The van der Waals surface area contributed by atoms with Gasteiger partial charge in [0.25, 0.3) is 0 Å². The van der Waals surface area contributed by atoms with Gasteiger partial charge in [-0.05, 0) is 0 Å². The molecule has 15 heavy (non-hydrogen) atoms. The molecular weight excluding hydrogens is 212 g/mol. The van der Waals surface area contributed by atoms with Gasteiger partial charge in [-0.25, -0.2) is 9.59 Å². The van der Waals surface area contributed by atoms with E-state index in [-0.39, 0.29) is 6.08 Å². The molecule has 4 N–H and O–H groups in total. The molecule has 82 valence electrons. The molecule has 8 heteroatoms. The first-order valence-electron chi connectivity index (χ1n) is 3.40. The van der Waals surface area contributed by atoms with Crippen molar-refractivity contribution in [3.63, 3.8) is 0 Å². The lowest BCUT2D eigenvalue weighted by molar-refractivity contribution is -0.154. The third kappa shape index (κ3) is 3.46. The predicted octanol–water partition coefficient (Wildman–Crippen LogP) is -1.13. The zero-order chi connectivity index (χ0) is 12.2. The molecule has 0 saturated carbocycles. The summed E-state index contributed by atoms with van der Waals surface area (Å²) in [6, 6.07) is 0. The van der Waals surface area contributed by atoms with E-state index in [0.29, 0.717) is 0 Å². The average molecular weight is 218 g/mol. The molecule has 0 atom stereocenters. The predicted molar refractivity (Wildman–Crippen MR) is 42.1 cm³/mol. The van der Waals surface area contributed by atoms with Crippen LogP contribution >= 0.6 is 0 Å². The number of carboxylic acids is 4. The Labute approximate surface area is 82.1 Å². The average Bonchev–Trinajstić information content (AvgIpc) is 2.00. The summed E-state index contributed by atoms with van der Waals surface area (Å²) in [4.78, 5) is 41.3. The van der Waals surface area contributed by atoms with Crippen molar-refractivity contribution in [2.45, 2.75) is 0 Å². The van der Waals surface area contributed by atoms with E-state index in [2.05, 4.69) is 0 Å². The van der Waals surface area contributed by atoms with Gasteiger partial charge in [0.1, 0.15) is 0 Å². The van der Waals surface area contributed by atoms with Gasteiger partial charge in [0.05, 0.1) is 5.57 Å². The van der Waals surface area contributed by atoms with Gasteiger partial charge in [0.15, 0.2) is 5.92 Å². The van der Waals surface area contributed by atoms with Gasteiger partial charge in [-0.1, -0.05) is 0 Å². The molecule has 0 aliphatic heterocycles. The lowest BCUT2D eigenvalue weighted by Crippen LogP contribution is -2.29. The molecular formula is C7H6O8. The van der Waals surface area contributed by atoms with Crippen molar-refractivity contribution < 1.29 is 39.6 Å². The molecule has 0 aliphatic carbocycles. The van der Waals surface area contributed by atoms with Crippen LogP contribution in [0.2, 0.25) is 0 Å². The van der Waals surface area contributed by atoms with Crippen LogP contribution in [0.4, 0.5) is 0 Å². The molecule has 8 nitrogen and oxygen atoms in total. The smallest absolute Gasteiger partial charge is 0.333 e. The van der Waals surface area contributed by atoms with Crippen molar-refractivity contribution in [1.82, 2.24) is 0 Å². The van der Waals surface area contributed by atoms with Gasteiger partial charge in [-0.15, -0.1) is 0 Å². The van der Waals surface area contributed by atoms with Crippen LogP contribution in [-0.2, 0) is 19.2 Å². The van der Waals surface area contributed by atoms with Crippen LogP contribution < -0.4 is 0 Å². The fourth-order valence-electron chi connectivity index (χ4n) is 0.773. The zero-order valence-corrected chi connectivity index (χ0v) is 7.08. The van der Waals surface area contributed by atoms with Crippen LogP contribution in [0.15, 0.2) is 11.6 Å². The third-order valence-corrected chi connectivity index (χ3v) is 1.33. The molecule has 0 fully saturated rings. The molecule has 0 amide bonds. The standard InChI is InChI=1S/C7H6O8/c8-3(9)1-2(5(10)11)4(6(12)13)7(14)15/h1,4H,(H,8,9)(H,10,11)(H,12,13)(H,14,15). The number of aliphatic carboxylic acids is 4. The zero-order valence-electron chi connectivity index (χ0n) is 7.08. The molecule has 0 heterocycles. The summed E-state index contributed by atoms with van der Waals surface area (Å²) in [6.45, 7) is 0. The third-order valence-electron chi connectivity index (χ3n) is 1.33. The van der Waals surface area contributed by atoms with Gasteiger partial charge in [0, 0.05) is 6.08 Å². The highest BCUT2D eigenvalue weighted by atomic mass is 16.4. The first-order valence-corrected chi connectivity index (χ1v) is 3.40. The second kappa shape index (κ2) is 4.74. The van der Waals surface area contributed by atoms with Crippen LogP contribution in [0.3, 0.4) is 0 Å². The van der Waals surface area contributed by atoms with Crippen molar-refractivity contribution in [3.05, 3.63) is 11.6 Å². The number of carboxylic acid groups (broad SMARTS) is 4. The van der Waals surface area contributed by atoms with E-state index < -0.39 is 35.4 Å². The summed E-state index contributed by atoms with van der Waals surface area (Å²) in [5, 5.41) is 33.4. The maximum atomic E-state index is 10.4. The Morgan fingerprint density at radius 3 is 1.47 bits per heavy atom. The minimum Gasteiger partial charge on any atom is -0.480 e. The molecule has 0 aromatic carbocycles. The minimum atomic E-state index is -2.40. The van der Waals surface area contributed by atoms with Gasteiger partial charge in [-0.2, -0.15) is 0 Å². The second-order valence-corrected chi connectivity index (χ2v) is 2.35. The van der Waals surface area contributed by atoms with E-state index in [1.807, 2.05) is 0 Å². The summed E-state index contributed by atoms with van der Waals surface area (Å²) < 4.78 is 0. The molecule has 0 bridgehead atoms. The molecule has 0 saturated heterocycles. The van der Waals surface area contributed by atoms with Crippen molar-refractivity contribution in [3.8, 4) is 0 Å². The minimum absolute atomic E-state index is 0.0369. The molecule has 0 unspecified atom stereocenters. The van der Waals surface area contributed by atoms with Gasteiger partial charge < -0.3 is 20.4 Å². The normalized spacial score (nSPS) is 11.1. The maximum absolute atomic E-state index is 10.4. The van der Waals surface area contributed by atoms with E-state index in [9.17, 15) is 19.2 Å². The fourth-order valence-corrected chi connectivity index (χ4v) is 0.773. The van der Waals surface area contributed by atoms with Gasteiger partial charge in [-0.3, -0.25) is 9.59 Å². The fraction of sp³-hybridized carbons (Fsp3) is 0.143. The monoisotopic (exact) mass is 218 g/mol. The van der Waals surface area contributed by atoms with E-state index >= 15 is 0 Å². The molecule has 0 aliphatic rings. The second-order valence-electron chi connectivity index (χ2n) is 2.35. The Morgan fingerprint density at radius 2 is 1.27 bits per heavy atom. The Bertz CT molecular complexity index is 338. The maximum Gasteiger partial charge on any atom is 0.333 e. The molecule has 0 aromatic rings. The number of rotatable bonds is 5. The van der Waals surface area contributed by atoms with E-state index in [0.717, 1.165) is 0 Å². The summed E-state index contributed by atoms with van der Waals surface area (Å²) in [5.74, 6) is -9.94. The van der Waals surface area contributed by atoms with Crippen molar-refractivity contribution >= 4 is 23.9 Å². The SMILES string of the molecule is O=C(O)C=C(C(=O)O)C(C(=O)O)C(=O)O. The first kappa shape index (κ1) is 12.6. The van der Waals surface area contributed by atoms with Crippen LogP contribution in [0, 0.1) is 5.92 Å². The lowest BCUT2D eigenvalue weighted by Gasteiger charge is -2.06. The highest BCUT2D eigenvalue weighted by Gasteiger charge is 2.34. The number of carbonyl (C=O) groups is 4. The lowest BCUT2D eigenvalue weighted by atomic mass is 9.99. The van der Waals surface area contributed by atoms with Crippen LogP contribution in [0.1, 0.15) is 0 Å². The van der Waals surface area contributed by atoms with Crippen LogP contribution in [0.25, 0.3) is 0 Å². The van der Waals surface area contributed by atoms with E-state index in [4.69, 9.17) is 20.4 Å². The number of hydrogen-bond donors (Lipinski definition) is 4. The van der Waals surface area contributed by atoms with Crippen molar-refractivity contribution in [2.75, 3.05) is 0 Å². The van der Waals surface area contributed by atoms with Crippen LogP contribution in [-0.4, -0.2) is 44.3 Å². The number of hydrogen-bond acceptors (Lipinski definition) is 4. The van der Waals surface area contributed by atoms with Gasteiger partial charge in [0.2, 0.25) is 0 Å². The Hall–Kier alpha value is -2.38. The van der Waals surface area contributed by atoms with Gasteiger partial charge >= 0.3 is 23.9 Å². The summed E-state index contributed by atoms with van der Waals surface area (Å²) in [5.41, 5.74) is -1.22. The van der Waals surface area contributed by atoms with E-state index in [1.54, 1.807) is 0 Å². The summed E-state index contributed by atoms with van der Waals surface area (Å²) >= 11 is 0. The van der Waals surface area contributed by atoms with Crippen molar-refractivity contribution in [2.24, 2.45) is 5.92 Å². The Balaban J connectivity index is 5.40. The van der Waals surface area contributed by atoms with E-state index in [1.165, 1.54) is 0 Å². The quantitative estimate of drug-likeness (QED) is 0.334. The summed E-state index contributed by atoms with van der Waals surface area (Å²) in [7, 11) is 0. The Kier molecular flexibility index (Phi) is 3.99. The topological polar surface area (TPSA) is 149 Å². The highest BCUT2D eigenvalue weighted by molar-refractivity contribution is 6.08. The molecule has 0 radical (unpaired) electrons. The highest BCUT2D eigenvalue weighted by Crippen LogP contribution is 2.12. The van der Waals surface area contributed by atoms with Crippen LogP contribution in [0.5, 0.6) is 0 Å². The molecule has 0 rings (SSSR count). The Morgan fingerprint density at radius 1 is 0.867 bits per heavy atom. The largest absolute Gasteiger partial charge is 0.480 e. The molecule has 0 spiro atoms. The summed E-state index contributed by atoms with van der Waals surface area (Å²) in [6.07, 6.45) is 0.0369.